The summed E-state index contributed by atoms with van der Waals surface area (Å²) in [7, 11) is 0. The molecule has 1 heterocycles. The van der Waals surface area contributed by atoms with Crippen molar-refractivity contribution in [3.63, 3.8) is 0 Å². The fourth-order valence-electron chi connectivity index (χ4n) is 3.75. The molecule has 7 heteroatoms. The van der Waals surface area contributed by atoms with Crippen LogP contribution in [-0.2, 0) is 11.3 Å². The molecule has 31 heavy (non-hydrogen) atoms. The maximum absolute atomic E-state index is 12.5. The highest BCUT2D eigenvalue weighted by Crippen LogP contribution is 2.10. The van der Waals surface area contributed by atoms with E-state index in [4.69, 9.17) is 9.73 Å². The smallest absolute Gasteiger partial charge is 0.253 e. The summed E-state index contributed by atoms with van der Waals surface area (Å²) in [6.45, 7) is 18.0. The van der Waals surface area contributed by atoms with E-state index in [0.717, 1.165) is 69.5 Å². The number of guanidine groups is 1. The minimum atomic E-state index is 0.0778. The Balaban J connectivity index is 1.90. The first kappa shape index (κ1) is 25.1. The van der Waals surface area contributed by atoms with Crippen LogP contribution >= 0.6 is 0 Å². The summed E-state index contributed by atoms with van der Waals surface area (Å²) in [6.07, 6.45) is 0.168. The van der Waals surface area contributed by atoms with Gasteiger partial charge in [0.2, 0.25) is 0 Å². The number of aliphatic imine (C=N–C) groups is 1. The minimum Gasteiger partial charge on any atom is -0.374 e. The second kappa shape index (κ2) is 13.3. The molecule has 1 aliphatic rings. The molecule has 2 rings (SSSR count). The van der Waals surface area contributed by atoms with Gasteiger partial charge in [0.05, 0.1) is 19.3 Å². The summed E-state index contributed by atoms with van der Waals surface area (Å²) >= 11 is 0. The van der Waals surface area contributed by atoms with E-state index in [1.807, 2.05) is 43.0 Å². The predicted molar refractivity (Wildman–Crippen MR) is 128 cm³/mol. The van der Waals surface area contributed by atoms with E-state index in [-0.39, 0.29) is 12.0 Å². The topological polar surface area (TPSA) is 69.2 Å². The molecule has 0 aromatic heterocycles. The molecule has 2 N–H and O–H groups in total. The summed E-state index contributed by atoms with van der Waals surface area (Å²) in [4.78, 5) is 21.5. The van der Waals surface area contributed by atoms with Gasteiger partial charge in [0, 0.05) is 51.4 Å². The van der Waals surface area contributed by atoms with Gasteiger partial charge in [0.15, 0.2) is 5.96 Å². The fraction of sp³-hybridized carbons (Fsp3) is 0.667. The molecule has 1 unspecified atom stereocenters. The van der Waals surface area contributed by atoms with E-state index in [2.05, 4.69) is 36.3 Å². The van der Waals surface area contributed by atoms with Crippen molar-refractivity contribution in [1.29, 1.82) is 0 Å². The number of carbonyl (C=O) groups is 1. The average molecular weight is 432 g/mol. The van der Waals surface area contributed by atoms with Gasteiger partial charge in [-0.2, -0.15) is 0 Å². The molecular formula is C24H41N5O2. The van der Waals surface area contributed by atoms with Crippen molar-refractivity contribution in [2.24, 2.45) is 10.9 Å². The summed E-state index contributed by atoms with van der Waals surface area (Å²) in [5.41, 5.74) is 1.80. The average Bonchev–Trinajstić information content (AvgIpc) is 2.76. The molecule has 1 fully saturated rings. The number of nitrogens with zero attached hydrogens (tertiary/aromatic N) is 3. The molecule has 1 atom stereocenters. The Hall–Kier alpha value is -2.12. The zero-order valence-electron chi connectivity index (χ0n) is 20.0. The van der Waals surface area contributed by atoms with Crippen molar-refractivity contribution < 1.29 is 9.53 Å². The lowest BCUT2D eigenvalue weighted by Gasteiger charge is -2.34. The van der Waals surface area contributed by atoms with Gasteiger partial charge in [0.25, 0.3) is 5.91 Å². The fourth-order valence-corrected chi connectivity index (χ4v) is 3.75. The Kier molecular flexibility index (Phi) is 10.8. The molecule has 174 valence electrons. The molecule has 0 aliphatic carbocycles. The van der Waals surface area contributed by atoms with Gasteiger partial charge >= 0.3 is 0 Å². The molecule has 0 radical (unpaired) electrons. The van der Waals surface area contributed by atoms with E-state index >= 15 is 0 Å². The van der Waals surface area contributed by atoms with Gasteiger partial charge in [-0.25, -0.2) is 4.99 Å². The van der Waals surface area contributed by atoms with Gasteiger partial charge in [0.1, 0.15) is 0 Å². The summed E-state index contributed by atoms with van der Waals surface area (Å²) in [5.74, 6) is 1.53. The summed E-state index contributed by atoms with van der Waals surface area (Å²) in [6, 6.07) is 7.76. The van der Waals surface area contributed by atoms with Gasteiger partial charge in [-0.15, -0.1) is 0 Å². The van der Waals surface area contributed by atoms with E-state index < -0.39 is 0 Å². The Bertz CT molecular complexity index is 686. The van der Waals surface area contributed by atoms with E-state index in [1.165, 1.54) is 0 Å². The van der Waals surface area contributed by atoms with Crippen LogP contribution in [0.2, 0.25) is 0 Å². The van der Waals surface area contributed by atoms with Crippen molar-refractivity contribution in [1.82, 2.24) is 20.4 Å². The van der Waals surface area contributed by atoms with Crippen LogP contribution in [0.15, 0.2) is 29.3 Å². The first-order valence-corrected chi connectivity index (χ1v) is 11.7. The zero-order chi connectivity index (χ0) is 22.6. The lowest BCUT2D eigenvalue weighted by molar-refractivity contribution is -0.0284. The van der Waals surface area contributed by atoms with E-state index in [9.17, 15) is 4.79 Å². The molecule has 1 aromatic carbocycles. The second-order valence-corrected chi connectivity index (χ2v) is 8.40. The molecule has 1 saturated heterocycles. The molecular weight excluding hydrogens is 390 g/mol. The molecule has 1 aromatic rings. The number of hydrogen-bond acceptors (Lipinski definition) is 4. The highest BCUT2D eigenvalue weighted by atomic mass is 16.5. The van der Waals surface area contributed by atoms with Crippen LogP contribution in [0.1, 0.15) is 50.5 Å². The van der Waals surface area contributed by atoms with Crippen molar-refractivity contribution >= 4 is 11.9 Å². The van der Waals surface area contributed by atoms with Crippen molar-refractivity contribution in [3.05, 3.63) is 35.4 Å². The molecule has 1 aliphatic heterocycles. The van der Waals surface area contributed by atoms with Gasteiger partial charge < -0.3 is 20.3 Å². The number of benzene rings is 1. The molecule has 0 saturated carbocycles. The van der Waals surface area contributed by atoms with Crippen LogP contribution in [0.3, 0.4) is 0 Å². The summed E-state index contributed by atoms with van der Waals surface area (Å²) < 4.78 is 5.93. The maximum atomic E-state index is 12.5. The Labute approximate surface area is 188 Å². The highest BCUT2D eigenvalue weighted by molar-refractivity contribution is 5.94. The third kappa shape index (κ3) is 8.50. The predicted octanol–water partition coefficient (Wildman–Crippen LogP) is 2.58. The number of hydrogen-bond donors (Lipinski definition) is 2. The number of rotatable bonds is 10. The largest absolute Gasteiger partial charge is 0.374 e. The summed E-state index contributed by atoms with van der Waals surface area (Å²) in [5, 5.41) is 6.73. The molecule has 7 nitrogen and oxygen atoms in total. The number of nitrogens with one attached hydrogen (secondary N) is 2. The first-order chi connectivity index (χ1) is 15.0. The number of amides is 1. The lowest BCUT2D eigenvalue weighted by atomic mass is 10.1. The van der Waals surface area contributed by atoms with Crippen LogP contribution in [0.4, 0.5) is 0 Å². The Morgan fingerprint density at radius 1 is 1.19 bits per heavy atom. The normalized spacial score (nSPS) is 17.6. The SMILES string of the molecule is CCNC(=NCc1ccc(C(=O)N(CC)CC)cc1)NCC1CN(CC(C)C)CCO1. The second-order valence-electron chi connectivity index (χ2n) is 8.40. The van der Waals surface area contributed by atoms with Crippen molar-refractivity contribution in [2.75, 3.05) is 52.4 Å². The van der Waals surface area contributed by atoms with Gasteiger partial charge in [-0.3, -0.25) is 9.69 Å². The molecule has 0 bridgehead atoms. The van der Waals surface area contributed by atoms with Gasteiger partial charge in [-0.05, 0) is 44.4 Å². The van der Waals surface area contributed by atoms with Crippen LogP contribution in [0, 0.1) is 5.92 Å². The van der Waals surface area contributed by atoms with Crippen LogP contribution < -0.4 is 10.6 Å². The number of ether oxygens (including phenoxy) is 1. The lowest BCUT2D eigenvalue weighted by Crippen LogP contribution is -2.50. The Morgan fingerprint density at radius 2 is 1.90 bits per heavy atom. The van der Waals surface area contributed by atoms with E-state index in [0.29, 0.717) is 12.5 Å². The van der Waals surface area contributed by atoms with Crippen molar-refractivity contribution in [3.8, 4) is 0 Å². The minimum absolute atomic E-state index is 0.0778. The van der Waals surface area contributed by atoms with E-state index in [1.54, 1.807) is 0 Å². The standard InChI is InChI=1S/C24H41N5O2/c1-6-25-24(27-16-22-18-28(13-14-31-22)17-19(4)5)26-15-20-9-11-21(12-10-20)23(30)29(7-2)8-3/h9-12,19,22H,6-8,13-18H2,1-5H3,(H2,25,26,27). The maximum Gasteiger partial charge on any atom is 0.253 e. The van der Waals surface area contributed by atoms with Crippen LogP contribution in [-0.4, -0.2) is 80.2 Å². The Morgan fingerprint density at radius 3 is 2.52 bits per heavy atom. The number of morpholine rings is 1. The van der Waals surface area contributed by atoms with Crippen LogP contribution in [0.25, 0.3) is 0 Å². The van der Waals surface area contributed by atoms with Crippen molar-refractivity contribution in [2.45, 2.75) is 47.3 Å². The quantitative estimate of drug-likeness (QED) is 0.440. The molecule has 1 amide bonds. The van der Waals surface area contributed by atoms with Gasteiger partial charge in [-0.1, -0.05) is 26.0 Å². The highest BCUT2D eigenvalue weighted by Gasteiger charge is 2.21. The van der Waals surface area contributed by atoms with Crippen LogP contribution in [0.5, 0.6) is 0 Å². The third-order valence-corrected chi connectivity index (χ3v) is 5.36. The monoisotopic (exact) mass is 431 g/mol. The molecule has 0 spiro atoms. The first-order valence-electron chi connectivity index (χ1n) is 11.7. The third-order valence-electron chi connectivity index (χ3n) is 5.36. The zero-order valence-corrected chi connectivity index (χ0v) is 20.0. The number of carbonyl (C=O) groups excluding carboxylic acids is 1.